The third-order valence-electron chi connectivity index (χ3n) is 1.84. The smallest absolute Gasteiger partial charge is 0.324 e. The molecular weight excluding hydrogens is 186 g/mol. The van der Waals surface area contributed by atoms with Crippen LogP contribution < -0.4 is 5.32 Å². The molecule has 1 unspecified atom stereocenters. The molecule has 0 aliphatic carbocycles. The Morgan fingerprint density at radius 3 is 3.23 bits per heavy atom. The minimum atomic E-state index is -0.156. The Morgan fingerprint density at radius 2 is 2.62 bits per heavy atom. The van der Waals surface area contributed by atoms with Gasteiger partial charge in [0.15, 0.2) is 0 Å². The Labute approximate surface area is 82.9 Å². The van der Waals surface area contributed by atoms with Gasteiger partial charge in [0.2, 0.25) is 0 Å². The van der Waals surface area contributed by atoms with E-state index in [1.165, 1.54) is 7.11 Å². The molecule has 74 valence electrons. The number of hydrogen-bond donors (Lipinski definition) is 1. The van der Waals surface area contributed by atoms with E-state index < -0.39 is 0 Å². The summed E-state index contributed by atoms with van der Waals surface area (Å²) in [6.07, 6.45) is 2.99. The Hall–Kier alpha value is -0.640. The predicted molar refractivity (Wildman–Crippen MR) is 54.6 cm³/mol. The maximum absolute atomic E-state index is 11.3. The number of esters is 1. The van der Waals surface area contributed by atoms with Gasteiger partial charge >= 0.3 is 5.97 Å². The fraction of sp³-hybridized carbons (Fsp3) is 0.667. The second-order valence-corrected chi connectivity index (χ2v) is 3.98. The van der Waals surface area contributed by atoms with Crippen molar-refractivity contribution in [3.63, 3.8) is 0 Å². The van der Waals surface area contributed by atoms with Crippen LogP contribution in [0.4, 0.5) is 0 Å². The summed E-state index contributed by atoms with van der Waals surface area (Å²) in [5, 5.41) is 3.08. The summed E-state index contributed by atoms with van der Waals surface area (Å²) in [6.45, 7) is 2.99. The average molecular weight is 201 g/mol. The van der Waals surface area contributed by atoms with Crippen molar-refractivity contribution in [2.24, 2.45) is 0 Å². The maximum Gasteiger partial charge on any atom is 0.324 e. The molecule has 1 rings (SSSR count). The molecule has 0 aromatic carbocycles. The van der Waals surface area contributed by atoms with Gasteiger partial charge in [-0.1, -0.05) is 13.0 Å². The normalized spacial score (nSPS) is 25.4. The Bertz CT molecular complexity index is 216. The Balaban J connectivity index is 2.67. The van der Waals surface area contributed by atoms with Gasteiger partial charge < -0.3 is 10.1 Å². The summed E-state index contributed by atoms with van der Waals surface area (Å²) < 4.78 is 4.73. The lowest BCUT2D eigenvalue weighted by atomic mass is 10.2. The first kappa shape index (κ1) is 10.4. The molecule has 1 fully saturated rings. The van der Waals surface area contributed by atoms with Crippen molar-refractivity contribution in [1.82, 2.24) is 5.32 Å². The van der Waals surface area contributed by atoms with E-state index in [-0.39, 0.29) is 11.2 Å². The van der Waals surface area contributed by atoms with Crippen LogP contribution in [0.1, 0.15) is 13.3 Å². The van der Waals surface area contributed by atoms with E-state index in [2.05, 4.69) is 12.2 Å². The molecule has 1 heterocycles. The third-order valence-corrected chi connectivity index (χ3v) is 3.06. The summed E-state index contributed by atoms with van der Waals surface area (Å²) in [7, 11) is 1.43. The summed E-state index contributed by atoms with van der Waals surface area (Å²) >= 11 is 1.64. The monoisotopic (exact) mass is 201 g/mol. The van der Waals surface area contributed by atoms with Crippen LogP contribution in [-0.4, -0.2) is 30.6 Å². The zero-order valence-corrected chi connectivity index (χ0v) is 8.82. The first-order chi connectivity index (χ1) is 6.29. The average Bonchev–Trinajstić information content (AvgIpc) is 2.18. The van der Waals surface area contributed by atoms with Crippen molar-refractivity contribution < 1.29 is 9.53 Å². The van der Waals surface area contributed by atoms with Gasteiger partial charge in [-0.25, -0.2) is 0 Å². The van der Waals surface area contributed by atoms with Crippen LogP contribution in [-0.2, 0) is 9.53 Å². The molecular formula is C9H15NO2S. The van der Waals surface area contributed by atoms with Gasteiger partial charge in [-0.05, 0) is 6.42 Å². The highest BCUT2D eigenvalue weighted by Gasteiger charge is 2.26. The number of ether oxygens (including phenoxy) is 1. The zero-order valence-electron chi connectivity index (χ0n) is 8.00. The topological polar surface area (TPSA) is 38.3 Å². The third kappa shape index (κ3) is 2.66. The molecule has 0 aromatic rings. The van der Waals surface area contributed by atoms with Crippen LogP contribution in [0.15, 0.2) is 11.8 Å². The summed E-state index contributed by atoms with van der Waals surface area (Å²) in [4.78, 5) is 11.3. The molecule has 0 aromatic heterocycles. The van der Waals surface area contributed by atoms with Gasteiger partial charge in [-0.15, -0.1) is 11.8 Å². The van der Waals surface area contributed by atoms with Crippen LogP contribution in [0.25, 0.3) is 0 Å². The fourth-order valence-electron chi connectivity index (χ4n) is 1.26. The minimum absolute atomic E-state index is 0.140. The van der Waals surface area contributed by atoms with E-state index in [1.54, 1.807) is 11.8 Å². The van der Waals surface area contributed by atoms with Gasteiger partial charge in [0, 0.05) is 18.0 Å². The number of thioether (sulfide) groups is 1. The molecule has 3 nitrogen and oxygen atoms in total. The van der Waals surface area contributed by atoms with Crippen molar-refractivity contribution in [1.29, 1.82) is 0 Å². The highest BCUT2D eigenvalue weighted by molar-refractivity contribution is 8.00. The lowest BCUT2D eigenvalue weighted by molar-refractivity contribution is -0.139. The second-order valence-electron chi connectivity index (χ2n) is 2.77. The van der Waals surface area contributed by atoms with E-state index in [0.717, 1.165) is 24.4 Å². The van der Waals surface area contributed by atoms with Crippen LogP contribution in [0.3, 0.4) is 0 Å². The highest BCUT2D eigenvalue weighted by atomic mass is 32.2. The van der Waals surface area contributed by atoms with Crippen molar-refractivity contribution in [3.05, 3.63) is 11.8 Å². The fourth-order valence-corrected chi connectivity index (χ4v) is 2.30. The van der Waals surface area contributed by atoms with Gasteiger partial charge in [0.25, 0.3) is 0 Å². The maximum atomic E-state index is 11.3. The number of allylic oxidation sites excluding steroid dienone is 1. The standard InChI is InChI=1S/C9H15NO2S/c1-3-4-7-8(9(11)12-2)13-6-5-10-7/h4,8,10H,3,5-6H2,1-2H3/b7-4+. The number of nitrogens with one attached hydrogen (secondary N) is 1. The molecule has 0 spiro atoms. The van der Waals surface area contributed by atoms with Crippen molar-refractivity contribution in [3.8, 4) is 0 Å². The Kier molecular flexibility index (Phi) is 4.15. The largest absolute Gasteiger partial charge is 0.468 e. The van der Waals surface area contributed by atoms with Crippen LogP contribution in [0.2, 0.25) is 0 Å². The number of hydrogen-bond acceptors (Lipinski definition) is 4. The number of carbonyl (C=O) groups is 1. The van der Waals surface area contributed by atoms with E-state index in [1.807, 2.05) is 6.08 Å². The van der Waals surface area contributed by atoms with E-state index >= 15 is 0 Å². The van der Waals surface area contributed by atoms with Crippen LogP contribution in [0.5, 0.6) is 0 Å². The van der Waals surface area contributed by atoms with Crippen molar-refractivity contribution in [2.75, 3.05) is 19.4 Å². The summed E-state index contributed by atoms with van der Waals surface area (Å²) in [5.74, 6) is 0.803. The lowest BCUT2D eigenvalue weighted by Gasteiger charge is -2.24. The van der Waals surface area contributed by atoms with Crippen LogP contribution >= 0.6 is 11.8 Å². The molecule has 1 saturated heterocycles. The van der Waals surface area contributed by atoms with Gasteiger partial charge in [0.05, 0.1) is 7.11 Å². The quantitative estimate of drug-likeness (QED) is 0.680. The zero-order chi connectivity index (χ0) is 9.68. The van der Waals surface area contributed by atoms with Gasteiger partial charge in [-0.3, -0.25) is 4.79 Å². The van der Waals surface area contributed by atoms with Crippen molar-refractivity contribution >= 4 is 17.7 Å². The molecule has 0 bridgehead atoms. The highest BCUT2D eigenvalue weighted by Crippen LogP contribution is 2.22. The molecule has 4 heteroatoms. The van der Waals surface area contributed by atoms with Gasteiger partial charge in [0.1, 0.15) is 5.25 Å². The second kappa shape index (κ2) is 5.17. The van der Waals surface area contributed by atoms with E-state index in [0.29, 0.717) is 0 Å². The summed E-state index contributed by atoms with van der Waals surface area (Å²) in [6, 6.07) is 0. The minimum Gasteiger partial charge on any atom is -0.468 e. The molecule has 1 N–H and O–H groups in total. The molecule has 0 radical (unpaired) electrons. The van der Waals surface area contributed by atoms with E-state index in [4.69, 9.17) is 4.74 Å². The summed E-state index contributed by atoms with van der Waals surface area (Å²) in [5.41, 5.74) is 1.01. The lowest BCUT2D eigenvalue weighted by Crippen LogP contribution is -2.36. The first-order valence-electron chi connectivity index (χ1n) is 4.43. The molecule has 13 heavy (non-hydrogen) atoms. The molecule has 0 saturated carbocycles. The predicted octanol–water partition coefficient (Wildman–Crippen LogP) is 1.16. The molecule has 0 amide bonds. The molecule has 1 aliphatic heterocycles. The molecule has 1 atom stereocenters. The van der Waals surface area contributed by atoms with Gasteiger partial charge in [-0.2, -0.15) is 0 Å². The Morgan fingerprint density at radius 1 is 1.85 bits per heavy atom. The number of carbonyl (C=O) groups excluding carboxylic acids is 1. The van der Waals surface area contributed by atoms with E-state index in [9.17, 15) is 4.79 Å². The number of rotatable bonds is 2. The van der Waals surface area contributed by atoms with Crippen LogP contribution in [0, 0.1) is 0 Å². The SMILES string of the molecule is CC/C=C1/NCCSC1C(=O)OC. The van der Waals surface area contributed by atoms with Crippen molar-refractivity contribution in [2.45, 2.75) is 18.6 Å². The first-order valence-corrected chi connectivity index (χ1v) is 5.47. The molecule has 1 aliphatic rings. The number of methoxy groups -OCH3 is 1.